The van der Waals surface area contributed by atoms with Gasteiger partial charge in [0.2, 0.25) is 0 Å². The molecule has 186 valence electrons. The lowest BCUT2D eigenvalue weighted by atomic mass is 9.48. The van der Waals surface area contributed by atoms with Gasteiger partial charge in [-0.3, -0.25) is 0 Å². The molecule has 0 heteroatoms. The van der Waals surface area contributed by atoms with E-state index in [2.05, 4.69) is 53.3 Å². The SMILES string of the molecule is C=CCCC.CC.CC.CCC[C@H]1CCC2C3CC=C4C=C(C)CC[C@]4(C)C3CC[C@@]21C. The van der Waals surface area contributed by atoms with Gasteiger partial charge in [0.1, 0.15) is 0 Å². The smallest absolute Gasteiger partial charge is 0.00443 e. The van der Waals surface area contributed by atoms with Gasteiger partial charge in [0, 0.05) is 0 Å². The van der Waals surface area contributed by atoms with Crippen molar-refractivity contribution in [2.45, 2.75) is 133 Å². The van der Waals surface area contributed by atoms with Crippen LogP contribution in [-0.2, 0) is 0 Å². The average Bonchev–Trinajstić information content (AvgIpc) is 3.15. The number of unbranched alkanes of at least 4 members (excludes halogenated alkanes) is 1. The highest BCUT2D eigenvalue weighted by Gasteiger charge is 2.57. The minimum atomic E-state index is 0.493. The highest BCUT2D eigenvalue weighted by Crippen LogP contribution is 2.66. The number of hydrogen-bond acceptors (Lipinski definition) is 0. The van der Waals surface area contributed by atoms with Crippen LogP contribution in [-0.4, -0.2) is 0 Å². The minimum Gasteiger partial charge on any atom is -0.103 e. The van der Waals surface area contributed by atoms with Crippen molar-refractivity contribution in [2.24, 2.45) is 34.5 Å². The molecule has 3 unspecified atom stereocenters. The van der Waals surface area contributed by atoms with Crippen molar-refractivity contribution in [3.05, 3.63) is 36.0 Å². The van der Waals surface area contributed by atoms with Gasteiger partial charge in [0.25, 0.3) is 0 Å². The summed E-state index contributed by atoms with van der Waals surface area (Å²) >= 11 is 0. The summed E-state index contributed by atoms with van der Waals surface area (Å²) in [7, 11) is 0. The van der Waals surface area contributed by atoms with Crippen LogP contribution >= 0.6 is 0 Å². The van der Waals surface area contributed by atoms with E-state index in [1.165, 1.54) is 64.2 Å². The fourth-order valence-electron chi connectivity index (χ4n) is 7.60. The van der Waals surface area contributed by atoms with Crippen LogP contribution in [0.15, 0.2) is 36.0 Å². The van der Waals surface area contributed by atoms with Gasteiger partial charge in [-0.2, -0.15) is 0 Å². The topological polar surface area (TPSA) is 0 Å². The molecule has 4 aliphatic carbocycles. The first kappa shape index (κ1) is 29.3. The van der Waals surface area contributed by atoms with E-state index < -0.39 is 0 Å². The second-order valence-corrected chi connectivity index (χ2v) is 10.9. The molecule has 0 spiro atoms. The first-order valence-electron chi connectivity index (χ1n) is 14.4. The van der Waals surface area contributed by atoms with Crippen molar-refractivity contribution in [3.8, 4) is 0 Å². The van der Waals surface area contributed by atoms with Gasteiger partial charge >= 0.3 is 0 Å². The Morgan fingerprint density at radius 2 is 1.66 bits per heavy atom. The van der Waals surface area contributed by atoms with Crippen molar-refractivity contribution < 1.29 is 0 Å². The number of rotatable bonds is 4. The molecule has 32 heavy (non-hydrogen) atoms. The van der Waals surface area contributed by atoms with Gasteiger partial charge in [-0.05, 0) is 98.4 Å². The number of hydrogen-bond donors (Lipinski definition) is 0. The Labute approximate surface area is 203 Å². The van der Waals surface area contributed by atoms with Gasteiger partial charge in [-0.15, -0.1) is 6.58 Å². The Hall–Kier alpha value is -0.780. The number of allylic oxidation sites excluding steroid dienone is 5. The predicted molar refractivity (Wildman–Crippen MR) is 147 cm³/mol. The van der Waals surface area contributed by atoms with E-state index in [1.54, 1.807) is 11.1 Å². The highest BCUT2D eigenvalue weighted by molar-refractivity contribution is 5.36. The predicted octanol–water partition coefficient (Wildman–Crippen LogP) is 10.9. The van der Waals surface area contributed by atoms with E-state index in [0.717, 1.165) is 30.1 Å². The molecule has 0 saturated heterocycles. The lowest BCUT2D eigenvalue weighted by molar-refractivity contribution is -0.0370. The monoisotopic (exact) mass is 442 g/mol. The molecule has 6 atom stereocenters. The molecule has 0 N–H and O–H groups in total. The maximum absolute atomic E-state index is 3.55. The summed E-state index contributed by atoms with van der Waals surface area (Å²) in [6.45, 7) is 23.7. The molecular weight excluding hydrogens is 384 g/mol. The summed E-state index contributed by atoms with van der Waals surface area (Å²) in [5.74, 6) is 3.98. The molecule has 2 fully saturated rings. The summed E-state index contributed by atoms with van der Waals surface area (Å²) in [4.78, 5) is 0. The Morgan fingerprint density at radius 1 is 0.969 bits per heavy atom. The van der Waals surface area contributed by atoms with Crippen molar-refractivity contribution in [1.29, 1.82) is 0 Å². The maximum Gasteiger partial charge on any atom is -0.00443 e. The highest BCUT2D eigenvalue weighted by atomic mass is 14.6. The molecule has 0 amide bonds. The molecule has 0 aromatic rings. The van der Waals surface area contributed by atoms with Crippen molar-refractivity contribution in [2.75, 3.05) is 0 Å². The largest absolute Gasteiger partial charge is 0.103 e. The first-order chi connectivity index (χ1) is 15.4. The van der Waals surface area contributed by atoms with E-state index in [4.69, 9.17) is 0 Å². The molecule has 0 bridgehead atoms. The van der Waals surface area contributed by atoms with Crippen LogP contribution in [0.4, 0.5) is 0 Å². The van der Waals surface area contributed by atoms with Crippen LogP contribution in [0, 0.1) is 34.5 Å². The normalized spacial score (nSPS) is 36.7. The molecule has 0 radical (unpaired) electrons. The van der Waals surface area contributed by atoms with Crippen LogP contribution in [0.3, 0.4) is 0 Å². The second kappa shape index (κ2) is 13.8. The van der Waals surface area contributed by atoms with E-state index in [1.807, 2.05) is 33.8 Å². The van der Waals surface area contributed by atoms with Crippen LogP contribution in [0.2, 0.25) is 0 Å². The Bertz CT molecular complexity index is 608. The van der Waals surface area contributed by atoms with E-state index in [9.17, 15) is 0 Å². The zero-order valence-electron chi connectivity index (χ0n) is 23.5. The lowest BCUT2D eigenvalue weighted by Gasteiger charge is -2.57. The van der Waals surface area contributed by atoms with E-state index >= 15 is 0 Å². The Kier molecular flexibility index (Phi) is 12.6. The molecule has 0 heterocycles. The molecule has 0 aromatic heterocycles. The Balaban J connectivity index is 0.000000497. The van der Waals surface area contributed by atoms with Gasteiger partial charge in [0.05, 0.1) is 0 Å². The molecule has 0 nitrogen and oxygen atoms in total. The van der Waals surface area contributed by atoms with Gasteiger partial charge in [-0.25, -0.2) is 0 Å². The maximum atomic E-state index is 3.55. The summed E-state index contributed by atoms with van der Waals surface area (Å²) in [5.41, 5.74) is 4.47. The van der Waals surface area contributed by atoms with Gasteiger partial charge < -0.3 is 0 Å². The first-order valence-corrected chi connectivity index (χ1v) is 14.4. The zero-order chi connectivity index (χ0) is 24.4. The quantitative estimate of drug-likeness (QED) is 0.380. The zero-order valence-corrected chi connectivity index (χ0v) is 23.5. The summed E-state index contributed by atoms with van der Waals surface area (Å²) in [6.07, 6.45) is 22.5. The van der Waals surface area contributed by atoms with E-state index in [-0.39, 0.29) is 0 Å². The molecular formula is C32H58. The fourth-order valence-corrected chi connectivity index (χ4v) is 7.60. The third-order valence-electron chi connectivity index (χ3n) is 9.29. The van der Waals surface area contributed by atoms with E-state index in [0.29, 0.717) is 10.8 Å². The third-order valence-corrected chi connectivity index (χ3v) is 9.29. The fraction of sp³-hybridized carbons (Fsp3) is 0.812. The van der Waals surface area contributed by atoms with Crippen molar-refractivity contribution >= 4 is 0 Å². The molecule has 4 aliphatic rings. The van der Waals surface area contributed by atoms with Crippen LogP contribution in [0.5, 0.6) is 0 Å². The third kappa shape index (κ3) is 6.01. The number of fused-ring (bicyclic) bond motifs is 5. The molecule has 4 rings (SSSR count). The lowest BCUT2D eigenvalue weighted by Crippen LogP contribution is -2.49. The summed E-state index contributed by atoms with van der Waals surface area (Å²) < 4.78 is 0. The summed E-state index contributed by atoms with van der Waals surface area (Å²) in [6, 6.07) is 0. The van der Waals surface area contributed by atoms with Crippen LogP contribution in [0.1, 0.15) is 133 Å². The molecule has 0 aliphatic heterocycles. The minimum absolute atomic E-state index is 0.493. The Morgan fingerprint density at radius 3 is 2.22 bits per heavy atom. The summed E-state index contributed by atoms with van der Waals surface area (Å²) in [5, 5.41) is 0. The second-order valence-electron chi connectivity index (χ2n) is 10.9. The van der Waals surface area contributed by atoms with Crippen molar-refractivity contribution in [3.63, 3.8) is 0 Å². The molecule has 0 aromatic carbocycles. The average molecular weight is 443 g/mol. The van der Waals surface area contributed by atoms with Crippen molar-refractivity contribution in [1.82, 2.24) is 0 Å². The van der Waals surface area contributed by atoms with Crippen LogP contribution in [0.25, 0.3) is 0 Å². The van der Waals surface area contributed by atoms with Gasteiger partial charge in [-0.1, -0.05) is 98.5 Å². The standard InChI is InChI=1S/C23H36.C5H10.2C2H6/c1-5-6-17-8-10-20-19-9-7-18-15-16(2)11-13-23(18,4)21(19)12-14-22(17,20)3;1-3-5-4-2;2*1-2/h7,15,17,19-21H,5-6,8-14H2,1-4H3;3H,1,4-5H2,2H3;2*1-2H3/t17-,19?,20?,21?,22+,23-;;;/m0.../s1. The molecule has 2 saturated carbocycles. The van der Waals surface area contributed by atoms with Gasteiger partial charge in [0.15, 0.2) is 0 Å². The van der Waals surface area contributed by atoms with Crippen LogP contribution < -0.4 is 0 Å².